The standard InChI is InChI=1S/C19H17N5O2/c25-18(11-24-12-19(26)22-16-3-1-2-4-17(16)24)21-14-5-7-15(8-6-14)23-10-9-20-13-23/h1-10,13H,11-12H2,(H,21,25)(H,22,26). The predicted molar refractivity (Wildman–Crippen MR) is 99.5 cm³/mol. The lowest BCUT2D eigenvalue weighted by atomic mass is 10.2. The van der Waals surface area contributed by atoms with Crippen molar-refractivity contribution in [1.82, 2.24) is 9.55 Å². The zero-order chi connectivity index (χ0) is 17.9. The number of carbonyl (C=O) groups is 2. The second-order valence-corrected chi connectivity index (χ2v) is 5.99. The number of carbonyl (C=O) groups excluding carboxylic acids is 2. The van der Waals surface area contributed by atoms with E-state index in [1.165, 1.54) is 0 Å². The van der Waals surface area contributed by atoms with Crippen molar-refractivity contribution in [3.8, 4) is 5.69 Å². The van der Waals surface area contributed by atoms with Crippen molar-refractivity contribution in [3.05, 3.63) is 67.3 Å². The van der Waals surface area contributed by atoms with Crippen LogP contribution in [0.4, 0.5) is 17.1 Å². The van der Waals surface area contributed by atoms with E-state index in [4.69, 9.17) is 0 Å². The highest BCUT2D eigenvalue weighted by atomic mass is 16.2. The molecule has 2 heterocycles. The zero-order valence-corrected chi connectivity index (χ0v) is 13.9. The smallest absolute Gasteiger partial charge is 0.243 e. The van der Waals surface area contributed by atoms with Gasteiger partial charge in [0.2, 0.25) is 11.8 Å². The molecular formula is C19H17N5O2. The first-order valence-electron chi connectivity index (χ1n) is 8.21. The van der Waals surface area contributed by atoms with E-state index in [-0.39, 0.29) is 24.9 Å². The van der Waals surface area contributed by atoms with E-state index >= 15 is 0 Å². The molecule has 4 rings (SSSR count). The van der Waals surface area contributed by atoms with Crippen molar-refractivity contribution in [3.63, 3.8) is 0 Å². The van der Waals surface area contributed by atoms with Crippen molar-refractivity contribution in [2.24, 2.45) is 0 Å². The number of hydrogen-bond acceptors (Lipinski definition) is 4. The number of hydrogen-bond donors (Lipinski definition) is 2. The molecule has 1 aromatic heterocycles. The Bertz CT molecular complexity index is 935. The van der Waals surface area contributed by atoms with Gasteiger partial charge in [0.15, 0.2) is 0 Å². The van der Waals surface area contributed by atoms with Crippen LogP contribution in [0.25, 0.3) is 5.69 Å². The number of rotatable bonds is 4. The molecule has 26 heavy (non-hydrogen) atoms. The Hall–Kier alpha value is -3.61. The fourth-order valence-electron chi connectivity index (χ4n) is 2.95. The molecule has 0 radical (unpaired) electrons. The quantitative estimate of drug-likeness (QED) is 0.759. The number of fused-ring (bicyclic) bond motifs is 1. The van der Waals surface area contributed by atoms with Gasteiger partial charge in [0, 0.05) is 23.8 Å². The first kappa shape index (κ1) is 15.9. The van der Waals surface area contributed by atoms with Crippen molar-refractivity contribution in [2.75, 3.05) is 28.6 Å². The molecule has 0 aliphatic carbocycles. The second kappa shape index (κ2) is 6.72. The summed E-state index contributed by atoms with van der Waals surface area (Å²) in [5, 5.41) is 5.68. The van der Waals surface area contributed by atoms with Crippen LogP contribution in [-0.2, 0) is 9.59 Å². The van der Waals surface area contributed by atoms with E-state index in [2.05, 4.69) is 15.6 Å². The largest absolute Gasteiger partial charge is 0.351 e. The van der Waals surface area contributed by atoms with Gasteiger partial charge in [-0.25, -0.2) is 4.98 Å². The molecular weight excluding hydrogens is 330 g/mol. The summed E-state index contributed by atoms with van der Waals surface area (Å²) in [6, 6.07) is 14.9. The van der Waals surface area contributed by atoms with E-state index in [9.17, 15) is 9.59 Å². The van der Waals surface area contributed by atoms with E-state index < -0.39 is 0 Å². The zero-order valence-electron chi connectivity index (χ0n) is 13.9. The third-order valence-electron chi connectivity index (χ3n) is 4.14. The lowest BCUT2D eigenvalue weighted by Gasteiger charge is -2.30. The highest BCUT2D eigenvalue weighted by molar-refractivity contribution is 6.03. The van der Waals surface area contributed by atoms with Crippen LogP contribution in [0, 0.1) is 0 Å². The summed E-state index contributed by atoms with van der Waals surface area (Å²) in [5.41, 5.74) is 3.23. The summed E-state index contributed by atoms with van der Waals surface area (Å²) in [6.45, 7) is 0.262. The molecule has 3 aromatic rings. The maximum absolute atomic E-state index is 12.4. The molecule has 0 bridgehead atoms. The van der Waals surface area contributed by atoms with Gasteiger partial charge in [-0.3, -0.25) is 9.59 Å². The van der Waals surface area contributed by atoms with Crippen LogP contribution in [0.15, 0.2) is 67.3 Å². The van der Waals surface area contributed by atoms with E-state index in [1.807, 2.05) is 59.3 Å². The molecule has 0 saturated carbocycles. The molecule has 1 aliphatic heterocycles. The fourth-order valence-corrected chi connectivity index (χ4v) is 2.95. The molecule has 0 unspecified atom stereocenters. The summed E-state index contributed by atoms with van der Waals surface area (Å²) in [7, 11) is 0. The van der Waals surface area contributed by atoms with E-state index in [0.29, 0.717) is 5.69 Å². The normalized spacial score (nSPS) is 13.1. The van der Waals surface area contributed by atoms with Gasteiger partial charge in [-0.1, -0.05) is 12.1 Å². The van der Waals surface area contributed by atoms with Gasteiger partial charge >= 0.3 is 0 Å². The Morgan fingerprint density at radius 1 is 1.15 bits per heavy atom. The van der Waals surface area contributed by atoms with Gasteiger partial charge in [-0.15, -0.1) is 0 Å². The average Bonchev–Trinajstić information content (AvgIpc) is 3.17. The molecule has 2 aromatic carbocycles. The van der Waals surface area contributed by atoms with Gasteiger partial charge in [0.1, 0.15) is 0 Å². The third kappa shape index (κ3) is 3.27. The third-order valence-corrected chi connectivity index (χ3v) is 4.14. The average molecular weight is 347 g/mol. The van der Waals surface area contributed by atoms with Crippen LogP contribution in [-0.4, -0.2) is 34.5 Å². The van der Waals surface area contributed by atoms with Crippen molar-refractivity contribution in [1.29, 1.82) is 0 Å². The molecule has 7 heteroatoms. The Morgan fingerprint density at radius 2 is 1.96 bits per heavy atom. The van der Waals surface area contributed by atoms with Crippen LogP contribution in [0.3, 0.4) is 0 Å². The van der Waals surface area contributed by atoms with Crippen LogP contribution in [0.5, 0.6) is 0 Å². The van der Waals surface area contributed by atoms with Crippen LogP contribution in [0.2, 0.25) is 0 Å². The Kier molecular flexibility index (Phi) is 4.10. The molecule has 130 valence electrons. The lowest BCUT2D eigenvalue weighted by Crippen LogP contribution is -2.42. The molecule has 2 amide bonds. The van der Waals surface area contributed by atoms with E-state index in [1.54, 1.807) is 17.4 Å². The number of imidazole rings is 1. The summed E-state index contributed by atoms with van der Waals surface area (Å²) < 4.78 is 1.88. The summed E-state index contributed by atoms with van der Waals surface area (Å²) in [6.07, 6.45) is 5.28. The van der Waals surface area contributed by atoms with Gasteiger partial charge in [0.25, 0.3) is 0 Å². The summed E-state index contributed by atoms with van der Waals surface area (Å²) >= 11 is 0. The summed E-state index contributed by atoms with van der Waals surface area (Å²) in [5.74, 6) is -0.300. The highest BCUT2D eigenvalue weighted by Gasteiger charge is 2.23. The maximum Gasteiger partial charge on any atom is 0.243 e. The molecule has 0 spiro atoms. The molecule has 2 N–H and O–H groups in total. The molecule has 0 atom stereocenters. The number of nitrogens with one attached hydrogen (secondary N) is 2. The lowest BCUT2D eigenvalue weighted by molar-refractivity contribution is -0.115. The van der Waals surface area contributed by atoms with Gasteiger partial charge in [-0.05, 0) is 36.4 Å². The summed E-state index contributed by atoms with van der Waals surface area (Å²) in [4.78, 5) is 30.0. The predicted octanol–water partition coefficient (Wildman–Crippen LogP) is 2.27. The monoisotopic (exact) mass is 347 g/mol. The number of para-hydroxylation sites is 2. The highest BCUT2D eigenvalue weighted by Crippen LogP contribution is 2.28. The Morgan fingerprint density at radius 3 is 2.73 bits per heavy atom. The van der Waals surface area contributed by atoms with Crippen molar-refractivity contribution in [2.45, 2.75) is 0 Å². The number of aromatic nitrogens is 2. The SMILES string of the molecule is O=C(CN1CC(=O)Nc2ccccc21)Nc1ccc(-n2ccnc2)cc1. The van der Waals surface area contributed by atoms with Gasteiger partial charge in [-0.2, -0.15) is 0 Å². The maximum atomic E-state index is 12.4. The minimum atomic E-state index is -0.176. The van der Waals surface area contributed by atoms with Crippen LogP contribution < -0.4 is 15.5 Å². The second-order valence-electron chi connectivity index (χ2n) is 5.99. The first-order valence-corrected chi connectivity index (χ1v) is 8.21. The van der Waals surface area contributed by atoms with Crippen molar-refractivity contribution >= 4 is 28.9 Å². The van der Waals surface area contributed by atoms with Crippen LogP contribution in [0.1, 0.15) is 0 Å². The molecule has 0 fully saturated rings. The number of nitrogens with zero attached hydrogens (tertiary/aromatic N) is 3. The fraction of sp³-hybridized carbons (Fsp3) is 0.105. The Balaban J connectivity index is 1.44. The molecule has 1 aliphatic rings. The molecule has 7 nitrogen and oxygen atoms in total. The van der Waals surface area contributed by atoms with E-state index in [0.717, 1.165) is 17.1 Å². The first-order chi connectivity index (χ1) is 12.7. The molecule has 0 saturated heterocycles. The number of anilines is 3. The van der Waals surface area contributed by atoms with Gasteiger partial charge < -0.3 is 20.1 Å². The minimum Gasteiger partial charge on any atom is -0.351 e. The van der Waals surface area contributed by atoms with Gasteiger partial charge in [0.05, 0.1) is 30.8 Å². The van der Waals surface area contributed by atoms with Crippen molar-refractivity contribution < 1.29 is 9.59 Å². The van der Waals surface area contributed by atoms with Crippen LogP contribution >= 0.6 is 0 Å². The number of benzene rings is 2. The minimum absolute atomic E-state index is 0.105. The Labute approximate surface area is 150 Å². The number of amides is 2. The topological polar surface area (TPSA) is 79.3 Å².